The van der Waals surface area contributed by atoms with E-state index in [0.717, 1.165) is 38.2 Å². The maximum atomic E-state index is 13.7. The molecule has 1 aromatic rings. The number of hydrogen-bond acceptors (Lipinski definition) is 4. The minimum atomic E-state index is -1.25. The first-order chi connectivity index (χ1) is 11.9. The summed E-state index contributed by atoms with van der Waals surface area (Å²) in [5, 5.41) is 4.98. The summed E-state index contributed by atoms with van der Waals surface area (Å²) in [5.74, 6) is -2.64. The van der Waals surface area contributed by atoms with Gasteiger partial charge in [0.25, 0.3) is 5.91 Å². The Bertz CT molecular complexity index is 662. The van der Waals surface area contributed by atoms with Crippen molar-refractivity contribution in [2.45, 2.75) is 51.2 Å². The smallest absolute Gasteiger partial charge is 0.341 e. The Hall–Kier alpha value is -2.15. The molecule has 136 valence electrons. The maximum Gasteiger partial charge on any atom is 0.341 e. The average molecular weight is 371 g/mol. The van der Waals surface area contributed by atoms with Crippen LogP contribution >= 0.6 is 11.6 Å². The van der Waals surface area contributed by atoms with Crippen molar-refractivity contribution in [1.82, 2.24) is 10.6 Å². The molecule has 2 rings (SSSR count). The minimum absolute atomic E-state index is 0.0440. The van der Waals surface area contributed by atoms with Crippen molar-refractivity contribution >= 4 is 29.5 Å². The highest BCUT2D eigenvalue weighted by Gasteiger charge is 2.24. The van der Waals surface area contributed by atoms with Crippen LogP contribution in [0.4, 0.5) is 9.18 Å². The molecular formula is C17H20ClFN2O4. The van der Waals surface area contributed by atoms with Gasteiger partial charge in [-0.25, -0.2) is 14.0 Å². The number of imide groups is 1. The van der Waals surface area contributed by atoms with Gasteiger partial charge in [-0.15, -0.1) is 0 Å². The Balaban J connectivity index is 1.84. The van der Waals surface area contributed by atoms with Crippen LogP contribution in [-0.4, -0.2) is 30.1 Å². The molecule has 1 unspecified atom stereocenters. The number of benzene rings is 1. The first-order valence-electron chi connectivity index (χ1n) is 8.14. The number of amides is 3. The molecule has 0 radical (unpaired) electrons. The normalized spacial score (nSPS) is 16.0. The molecule has 3 amide bonds. The van der Waals surface area contributed by atoms with Gasteiger partial charge < -0.3 is 10.1 Å². The molecule has 0 saturated heterocycles. The number of nitrogens with one attached hydrogen (secondary N) is 2. The molecule has 1 fully saturated rings. The molecular weight excluding hydrogens is 351 g/mol. The zero-order valence-electron chi connectivity index (χ0n) is 13.8. The first kappa shape index (κ1) is 19.2. The molecule has 1 aliphatic rings. The minimum Gasteiger partial charge on any atom is -0.449 e. The number of carbonyl (C=O) groups is 3. The van der Waals surface area contributed by atoms with Crippen molar-refractivity contribution in [3.63, 3.8) is 0 Å². The molecule has 1 aliphatic carbocycles. The molecule has 0 heterocycles. The van der Waals surface area contributed by atoms with Crippen molar-refractivity contribution in [3.05, 3.63) is 34.6 Å². The molecule has 25 heavy (non-hydrogen) atoms. The van der Waals surface area contributed by atoms with Crippen LogP contribution in [0.2, 0.25) is 5.02 Å². The number of ether oxygens (including phenoxy) is 1. The second kappa shape index (κ2) is 8.80. The summed E-state index contributed by atoms with van der Waals surface area (Å²) in [6.45, 7) is 1.30. The van der Waals surface area contributed by atoms with E-state index < -0.39 is 29.8 Å². The van der Waals surface area contributed by atoms with Crippen molar-refractivity contribution < 1.29 is 23.5 Å². The van der Waals surface area contributed by atoms with Crippen LogP contribution in [0.5, 0.6) is 0 Å². The maximum absolute atomic E-state index is 13.7. The number of esters is 1. The van der Waals surface area contributed by atoms with Gasteiger partial charge in [-0.1, -0.05) is 30.9 Å². The van der Waals surface area contributed by atoms with Crippen molar-refractivity contribution in [3.8, 4) is 0 Å². The summed E-state index contributed by atoms with van der Waals surface area (Å²) in [6.07, 6.45) is 3.73. The fraction of sp³-hybridized carbons (Fsp3) is 0.471. The van der Waals surface area contributed by atoms with Crippen LogP contribution in [0.25, 0.3) is 0 Å². The molecule has 0 spiro atoms. The predicted octanol–water partition coefficient (Wildman–Crippen LogP) is 3.18. The number of carbonyl (C=O) groups excluding carboxylic acids is 3. The lowest BCUT2D eigenvalue weighted by molar-refractivity contribution is -0.127. The Morgan fingerprint density at radius 2 is 1.92 bits per heavy atom. The van der Waals surface area contributed by atoms with E-state index in [9.17, 15) is 18.8 Å². The lowest BCUT2D eigenvalue weighted by Crippen LogP contribution is -2.48. The molecule has 2 N–H and O–H groups in total. The Labute approximate surface area is 150 Å². The van der Waals surface area contributed by atoms with E-state index in [2.05, 4.69) is 10.6 Å². The lowest BCUT2D eigenvalue weighted by atomic mass is 9.96. The molecule has 1 aromatic carbocycles. The highest BCUT2D eigenvalue weighted by molar-refractivity contribution is 6.30. The van der Waals surface area contributed by atoms with Gasteiger partial charge in [0.2, 0.25) is 0 Å². The number of urea groups is 1. The van der Waals surface area contributed by atoms with Crippen LogP contribution in [0, 0.1) is 5.82 Å². The average Bonchev–Trinajstić information content (AvgIpc) is 2.55. The number of halogens is 2. The molecule has 1 saturated carbocycles. The largest absolute Gasteiger partial charge is 0.449 e. The van der Waals surface area contributed by atoms with Crippen molar-refractivity contribution in [2.24, 2.45) is 0 Å². The Morgan fingerprint density at radius 3 is 2.56 bits per heavy atom. The molecule has 0 bridgehead atoms. The molecule has 6 nitrogen and oxygen atoms in total. The van der Waals surface area contributed by atoms with Crippen molar-refractivity contribution in [2.75, 3.05) is 0 Å². The van der Waals surface area contributed by atoms with Gasteiger partial charge in [0, 0.05) is 11.1 Å². The van der Waals surface area contributed by atoms with Gasteiger partial charge in [-0.2, -0.15) is 0 Å². The van der Waals surface area contributed by atoms with Crippen LogP contribution in [0.1, 0.15) is 49.4 Å². The summed E-state index contributed by atoms with van der Waals surface area (Å²) in [7, 11) is 0. The second-order valence-electron chi connectivity index (χ2n) is 5.97. The molecule has 0 aromatic heterocycles. The van der Waals surface area contributed by atoms with E-state index in [1.165, 1.54) is 19.1 Å². The quantitative estimate of drug-likeness (QED) is 0.797. The number of hydrogen-bond donors (Lipinski definition) is 2. The number of rotatable bonds is 4. The fourth-order valence-electron chi connectivity index (χ4n) is 2.61. The van der Waals surface area contributed by atoms with Gasteiger partial charge in [0.05, 0.1) is 5.56 Å². The highest BCUT2D eigenvalue weighted by Crippen LogP contribution is 2.17. The predicted molar refractivity (Wildman–Crippen MR) is 89.8 cm³/mol. The van der Waals surface area contributed by atoms with E-state index in [1.807, 2.05) is 0 Å². The summed E-state index contributed by atoms with van der Waals surface area (Å²) in [6, 6.07) is 2.89. The highest BCUT2D eigenvalue weighted by atomic mass is 35.5. The summed E-state index contributed by atoms with van der Waals surface area (Å²) >= 11 is 5.61. The SMILES string of the molecule is CC(OC(=O)c1ccc(Cl)cc1F)C(=O)NC(=O)NC1CCCCC1. The fourth-order valence-corrected chi connectivity index (χ4v) is 2.77. The van der Waals surface area contributed by atoms with Crippen LogP contribution in [0.15, 0.2) is 18.2 Å². The monoisotopic (exact) mass is 370 g/mol. The first-order valence-corrected chi connectivity index (χ1v) is 8.52. The Morgan fingerprint density at radius 1 is 1.24 bits per heavy atom. The third kappa shape index (κ3) is 5.70. The third-order valence-corrected chi connectivity index (χ3v) is 4.22. The Kier molecular flexibility index (Phi) is 6.75. The molecule has 0 aliphatic heterocycles. The standard InChI is InChI=1S/C17H20ClFN2O4/c1-10(25-16(23)13-8-7-11(18)9-14(13)19)15(22)21-17(24)20-12-5-3-2-4-6-12/h7-10,12H,2-6H2,1H3,(H2,20,21,22,24). The summed E-state index contributed by atoms with van der Waals surface area (Å²) in [4.78, 5) is 35.7. The van der Waals surface area contributed by atoms with Crippen LogP contribution in [-0.2, 0) is 9.53 Å². The lowest BCUT2D eigenvalue weighted by Gasteiger charge is -2.23. The summed E-state index contributed by atoms with van der Waals surface area (Å²) in [5.41, 5.74) is -0.337. The van der Waals surface area contributed by atoms with Gasteiger partial charge in [-0.3, -0.25) is 10.1 Å². The van der Waals surface area contributed by atoms with Crippen LogP contribution < -0.4 is 10.6 Å². The van der Waals surface area contributed by atoms with E-state index in [4.69, 9.17) is 16.3 Å². The van der Waals surface area contributed by atoms with Gasteiger partial charge >= 0.3 is 12.0 Å². The van der Waals surface area contributed by atoms with Crippen molar-refractivity contribution in [1.29, 1.82) is 0 Å². The van der Waals surface area contributed by atoms with Gasteiger partial charge in [0.1, 0.15) is 5.82 Å². The summed E-state index contributed by atoms with van der Waals surface area (Å²) < 4.78 is 18.6. The molecule has 1 atom stereocenters. The van der Waals surface area contributed by atoms with E-state index in [-0.39, 0.29) is 16.6 Å². The van der Waals surface area contributed by atoms with Gasteiger partial charge in [-0.05, 0) is 38.0 Å². The van der Waals surface area contributed by atoms with E-state index in [0.29, 0.717) is 0 Å². The van der Waals surface area contributed by atoms with Crippen LogP contribution in [0.3, 0.4) is 0 Å². The topological polar surface area (TPSA) is 84.5 Å². The zero-order chi connectivity index (χ0) is 18.4. The van der Waals surface area contributed by atoms with Gasteiger partial charge in [0.15, 0.2) is 6.10 Å². The second-order valence-corrected chi connectivity index (χ2v) is 6.41. The third-order valence-electron chi connectivity index (χ3n) is 3.98. The van der Waals surface area contributed by atoms with E-state index >= 15 is 0 Å². The van der Waals surface area contributed by atoms with E-state index in [1.54, 1.807) is 0 Å². The molecule has 8 heteroatoms. The zero-order valence-corrected chi connectivity index (χ0v) is 14.6.